The third-order valence-electron chi connectivity index (χ3n) is 3.15. The second kappa shape index (κ2) is 8.73. The molecule has 1 aromatic rings. The molecule has 22 heavy (non-hydrogen) atoms. The van der Waals surface area contributed by atoms with Gasteiger partial charge in [-0.2, -0.15) is 5.26 Å². The van der Waals surface area contributed by atoms with E-state index < -0.39 is 0 Å². The molecule has 0 aliphatic carbocycles. The van der Waals surface area contributed by atoms with E-state index in [-0.39, 0.29) is 17.5 Å². The molecule has 0 aliphatic heterocycles. The van der Waals surface area contributed by atoms with Crippen LogP contribution in [0.3, 0.4) is 0 Å². The minimum absolute atomic E-state index is 0.0270. The van der Waals surface area contributed by atoms with Gasteiger partial charge in [-0.15, -0.1) is 0 Å². The summed E-state index contributed by atoms with van der Waals surface area (Å²) in [5, 5.41) is 11.9. The predicted molar refractivity (Wildman–Crippen MR) is 85.6 cm³/mol. The molecule has 0 aromatic heterocycles. The van der Waals surface area contributed by atoms with Crippen LogP contribution in [-0.4, -0.2) is 25.7 Å². The van der Waals surface area contributed by atoms with Crippen molar-refractivity contribution in [1.29, 1.82) is 5.26 Å². The first-order valence-corrected chi connectivity index (χ1v) is 7.29. The molecule has 0 unspecified atom stereocenters. The Bertz CT molecular complexity index is 588. The van der Waals surface area contributed by atoms with Crippen LogP contribution in [0.2, 0.25) is 0 Å². The highest BCUT2D eigenvalue weighted by molar-refractivity contribution is 6.01. The number of benzene rings is 1. The Labute approximate surface area is 131 Å². The van der Waals surface area contributed by atoms with E-state index in [1.807, 2.05) is 26.8 Å². The third-order valence-corrected chi connectivity index (χ3v) is 3.15. The van der Waals surface area contributed by atoms with E-state index in [9.17, 15) is 10.1 Å². The van der Waals surface area contributed by atoms with Gasteiger partial charge in [0.2, 0.25) is 0 Å². The van der Waals surface area contributed by atoms with E-state index in [4.69, 9.17) is 9.47 Å². The Morgan fingerprint density at radius 2 is 2.14 bits per heavy atom. The number of carbonyl (C=O) groups is 1. The van der Waals surface area contributed by atoms with E-state index >= 15 is 0 Å². The van der Waals surface area contributed by atoms with Gasteiger partial charge in [0, 0.05) is 6.04 Å². The van der Waals surface area contributed by atoms with Crippen molar-refractivity contribution in [2.75, 3.05) is 13.7 Å². The van der Waals surface area contributed by atoms with Gasteiger partial charge in [-0.05, 0) is 44.0 Å². The van der Waals surface area contributed by atoms with Gasteiger partial charge in [-0.3, -0.25) is 4.79 Å². The number of methoxy groups -OCH3 is 1. The van der Waals surface area contributed by atoms with Crippen molar-refractivity contribution < 1.29 is 14.3 Å². The highest BCUT2D eigenvalue weighted by Crippen LogP contribution is 2.28. The molecule has 0 saturated heterocycles. The van der Waals surface area contributed by atoms with Crippen LogP contribution < -0.4 is 14.8 Å². The summed E-state index contributed by atoms with van der Waals surface area (Å²) in [6.07, 6.45) is 2.34. The lowest BCUT2D eigenvalue weighted by Crippen LogP contribution is -2.32. The van der Waals surface area contributed by atoms with Gasteiger partial charge in [-0.25, -0.2) is 0 Å². The van der Waals surface area contributed by atoms with Crippen molar-refractivity contribution in [2.45, 2.75) is 33.2 Å². The maximum absolute atomic E-state index is 12.0. The summed E-state index contributed by atoms with van der Waals surface area (Å²) >= 11 is 0. The summed E-state index contributed by atoms with van der Waals surface area (Å²) in [4.78, 5) is 12.0. The van der Waals surface area contributed by atoms with Crippen LogP contribution in [0.15, 0.2) is 23.8 Å². The largest absolute Gasteiger partial charge is 0.493 e. The molecule has 1 aromatic carbocycles. The molecule has 0 radical (unpaired) electrons. The Kier molecular flexibility index (Phi) is 6.97. The van der Waals surface area contributed by atoms with E-state index in [0.717, 1.165) is 6.42 Å². The molecule has 0 bridgehead atoms. The lowest BCUT2D eigenvalue weighted by atomic mass is 10.1. The molecule has 1 rings (SSSR count). The summed E-state index contributed by atoms with van der Waals surface area (Å²) in [6, 6.07) is 7.23. The average molecular weight is 302 g/mol. The first-order chi connectivity index (χ1) is 10.5. The lowest BCUT2D eigenvalue weighted by molar-refractivity contribution is -0.117. The molecular formula is C17H22N2O3. The number of nitrogens with zero attached hydrogens (tertiary/aromatic N) is 1. The lowest BCUT2D eigenvalue weighted by Gasteiger charge is -2.11. The van der Waals surface area contributed by atoms with Crippen LogP contribution in [0.25, 0.3) is 6.08 Å². The molecule has 0 fully saturated rings. The van der Waals surface area contributed by atoms with Gasteiger partial charge < -0.3 is 14.8 Å². The van der Waals surface area contributed by atoms with Crippen LogP contribution >= 0.6 is 0 Å². The van der Waals surface area contributed by atoms with Crippen molar-refractivity contribution in [3.05, 3.63) is 29.3 Å². The monoisotopic (exact) mass is 302 g/mol. The van der Waals surface area contributed by atoms with E-state index in [1.54, 1.807) is 25.3 Å². The summed E-state index contributed by atoms with van der Waals surface area (Å²) < 4.78 is 10.7. The van der Waals surface area contributed by atoms with Crippen molar-refractivity contribution >= 4 is 12.0 Å². The molecule has 0 saturated carbocycles. The first-order valence-electron chi connectivity index (χ1n) is 7.29. The maximum atomic E-state index is 12.0. The fourth-order valence-electron chi connectivity index (χ4n) is 1.77. The fourth-order valence-corrected chi connectivity index (χ4v) is 1.77. The highest BCUT2D eigenvalue weighted by Gasteiger charge is 2.12. The Morgan fingerprint density at radius 1 is 1.41 bits per heavy atom. The van der Waals surface area contributed by atoms with Crippen molar-refractivity contribution in [3.8, 4) is 17.6 Å². The summed E-state index contributed by atoms with van der Waals surface area (Å²) in [5.41, 5.74) is 0.766. The Hall–Kier alpha value is -2.48. The van der Waals surface area contributed by atoms with E-state index in [2.05, 4.69) is 5.32 Å². The van der Waals surface area contributed by atoms with Gasteiger partial charge in [0.25, 0.3) is 5.91 Å². The zero-order chi connectivity index (χ0) is 16.5. The normalized spacial score (nSPS) is 12.2. The van der Waals surface area contributed by atoms with Crippen molar-refractivity contribution in [2.24, 2.45) is 0 Å². The van der Waals surface area contributed by atoms with Crippen LogP contribution in [0.4, 0.5) is 0 Å². The highest BCUT2D eigenvalue weighted by atomic mass is 16.5. The molecule has 1 N–H and O–H groups in total. The van der Waals surface area contributed by atoms with Crippen molar-refractivity contribution in [3.63, 3.8) is 0 Å². The van der Waals surface area contributed by atoms with Gasteiger partial charge in [0.1, 0.15) is 11.6 Å². The molecule has 1 atom stereocenters. The molecule has 0 spiro atoms. The van der Waals surface area contributed by atoms with Gasteiger partial charge >= 0.3 is 0 Å². The number of nitrogens with one attached hydrogen (secondary N) is 1. The number of rotatable bonds is 7. The van der Waals surface area contributed by atoms with Gasteiger partial charge in [-0.1, -0.05) is 13.0 Å². The average Bonchev–Trinajstić information content (AvgIpc) is 2.53. The summed E-state index contributed by atoms with van der Waals surface area (Å²) in [5.74, 6) is 0.824. The number of hydrogen-bond donors (Lipinski definition) is 1. The Balaban J connectivity index is 3.03. The second-order valence-corrected chi connectivity index (χ2v) is 4.80. The molecule has 0 aliphatic rings. The SMILES string of the molecule is CCOc1ccc(/C=C(\C#N)C(=O)N[C@H](C)CC)cc1OC. The summed E-state index contributed by atoms with van der Waals surface area (Å²) in [7, 11) is 1.55. The standard InChI is InChI=1S/C17H22N2O3/c1-5-12(3)19-17(20)14(11-18)9-13-7-8-15(22-6-2)16(10-13)21-4/h7-10,12H,5-6H2,1-4H3,(H,19,20)/b14-9+/t12-/m1/s1. The number of hydrogen-bond acceptors (Lipinski definition) is 4. The van der Waals surface area contributed by atoms with E-state index in [1.165, 1.54) is 6.08 Å². The third kappa shape index (κ3) is 4.81. The topological polar surface area (TPSA) is 71.3 Å². The van der Waals surface area contributed by atoms with Crippen LogP contribution in [0.5, 0.6) is 11.5 Å². The molecule has 5 heteroatoms. The Morgan fingerprint density at radius 3 is 2.68 bits per heavy atom. The minimum atomic E-state index is -0.371. The number of ether oxygens (including phenoxy) is 2. The van der Waals surface area contributed by atoms with Crippen LogP contribution in [-0.2, 0) is 4.79 Å². The maximum Gasteiger partial charge on any atom is 0.262 e. The fraction of sp³-hybridized carbons (Fsp3) is 0.412. The predicted octanol–water partition coefficient (Wildman–Crippen LogP) is 2.92. The second-order valence-electron chi connectivity index (χ2n) is 4.80. The van der Waals surface area contributed by atoms with E-state index in [0.29, 0.717) is 23.7 Å². The number of carbonyl (C=O) groups excluding carboxylic acids is 1. The number of nitriles is 1. The molecular weight excluding hydrogens is 280 g/mol. The van der Waals surface area contributed by atoms with Gasteiger partial charge in [0.15, 0.2) is 11.5 Å². The molecule has 1 amide bonds. The zero-order valence-electron chi connectivity index (χ0n) is 13.5. The molecule has 5 nitrogen and oxygen atoms in total. The van der Waals surface area contributed by atoms with Gasteiger partial charge in [0.05, 0.1) is 13.7 Å². The van der Waals surface area contributed by atoms with Crippen LogP contribution in [0.1, 0.15) is 32.8 Å². The van der Waals surface area contributed by atoms with Crippen molar-refractivity contribution in [1.82, 2.24) is 5.32 Å². The minimum Gasteiger partial charge on any atom is -0.493 e. The number of amides is 1. The smallest absolute Gasteiger partial charge is 0.262 e. The summed E-state index contributed by atoms with van der Waals surface area (Å²) in [6.45, 7) is 6.29. The van der Waals surface area contributed by atoms with Crippen LogP contribution in [0, 0.1) is 11.3 Å². The molecule has 0 heterocycles. The zero-order valence-corrected chi connectivity index (χ0v) is 13.5. The quantitative estimate of drug-likeness (QED) is 0.621. The first kappa shape index (κ1) is 17.6. The molecule has 118 valence electrons.